The Bertz CT molecular complexity index is 979. The van der Waals surface area contributed by atoms with E-state index in [0.717, 1.165) is 62.5 Å². The van der Waals surface area contributed by atoms with Gasteiger partial charge in [-0.25, -0.2) is 4.79 Å². The van der Waals surface area contributed by atoms with Gasteiger partial charge in [-0.2, -0.15) is 0 Å². The molecule has 6 aliphatic rings. The van der Waals surface area contributed by atoms with Gasteiger partial charge in [0.05, 0.1) is 17.8 Å². The van der Waals surface area contributed by atoms with Crippen molar-refractivity contribution in [2.45, 2.75) is 108 Å². The fraction of sp³-hybridized carbons (Fsp3) is 0.828. The molecular weight excluding hydrogens is 476 g/mol. The van der Waals surface area contributed by atoms with E-state index in [1.807, 2.05) is 0 Å². The quantitative estimate of drug-likeness (QED) is 0.255. The van der Waals surface area contributed by atoms with Gasteiger partial charge in [-0.15, -0.1) is 0 Å². The second kappa shape index (κ2) is 9.14. The van der Waals surface area contributed by atoms with Gasteiger partial charge in [-0.05, 0) is 87.0 Å². The van der Waals surface area contributed by atoms with Crippen LogP contribution in [0.5, 0.6) is 0 Å². The summed E-state index contributed by atoms with van der Waals surface area (Å²) in [7, 11) is 0. The molecule has 1 saturated heterocycles. The highest BCUT2D eigenvalue weighted by molar-refractivity contribution is 5.85. The first kappa shape index (κ1) is 26.0. The molecular formula is C29H42O8. The molecule has 4 saturated carbocycles. The molecule has 0 amide bonds. The third-order valence-corrected chi connectivity index (χ3v) is 11.4. The number of aliphatic hydroxyl groups excluding tert-OH is 3. The molecule has 13 atom stereocenters. The van der Waals surface area contributed by atoms with Crippen molar-refractivity contribution in [2.75, 3.05) is 6.61 Å². The summed E-state index contributed by atoms with van der Waals surface area (Å²) in [5.41, 5.74) is 1.44. The van der Waals surface area contributed by atoms with Crippen molar-refractivity contribution in [3.05, 3.63) is 23.8 Å². The Hall–Kier alpha value is -1.29. The normalized spacial score (nSPS) is 53.7. The highest BCUT2D eigenvalue weighted by Crippen LogP contribution is 2.67. The average Bonchev–Trinajstić information content (AvgIpc) is 3.43. The highest BCUT2D eigenvalue weighted by Gasteiger charge is 2.64. The number of cyclic esters (lactones) is 1. The van der Waals surface area contributed by atoms with E-state index in [9.17, 15) is 25.2 Å². The number of carbonyl (C=O) groups is 1. The van der Waals surface area contributed by atoms with Gasteiger partial charge in [-0.1, -0.05) is 19.1 Å². The zero-order valence-electron chi connectivity index (χ0n) is 21.9. The number of aliphatic hydroxyl groups is 4. The van der Waals surface area contributed by atoms with Crippen LogP contribution >= 0.6 is 0 Å². The third-order valence-electron chi connectivity index (χ3n) is 11.4. The van der Waals surface area contributed by atoms with Crippen LogP contribution in [0.3, 0.4) is 0 Å². The van der Waals surface area contributed by atoms with E-state index in [1.54, 1.807) is 13.0 Å². The maximum atomic E-state index is 12.1. The molecule has 0 aromatic carbocycles. The fourth-order valence-corrected chi connectivity index (χ4v) is 9.19. The molecule has 0 spiro atoms. The van der Waals surface area contributed by atoms with E-state index in [-0.39, 0.29) is 35.2 Å². The molecule has 6 rings (SSSR count). The van der Waals surface area contributed by atoms with E-state index < -0.39 is 36.3 Å². The SMILES string of the molecule is C=C1C(C2=CC(=O)OC2)CCC2(O)C1CC1C2CCC2CC(OC3OC(C)C(O)C(O)C3O)CCC21C. The molecule has 13 unspecified atom stereocenters. The first-order valence-corrected chi connectivity index (χ1v) is 14.2. The van der Waals surface area contributed by atoms with Crippen LogP contribution in [-0.2, 0) is 19.0 Å². The summed E-state index contributed by atoms with van der Waals surface area (Å²) >= 11 is 0. The summed E-state index contributed by atoms with van der Waals surface area (Å²) in [6.45, 7) is 8.89. The summed E-state index contributed by atoms with van der Waals surface area (Å²) in [6, 6.07) is 0. The lowest BCUT2D eigenvalue weighted by Gasteiger charge is -2.55. The molecule has 4 N–H and O–H groups in total. The fourth-order valence-electron chi connectivity index (χ4n) is 9.19. The molecule has 37 heavy (non-hydrogen) atoms. The van der Waals surface area contributed by atoms with E-state index in [1.165, 1.54) is 0 Å². The van der Waals surface area contributed by atoms with Gasteiger partial charge in [0.15, 0.2) is 6.29 Å². The first-order chi connectivity index (χ1) is 17.5. The number of esters is 1. The Kier molecular flexibility index (Phi) is 6.41. The van der Waals surface area contributed by atoms with Gasteiger partial charge in [0.25, 0.3) is 0 Å². The molecule has 8 heteroatoms. The highest BCUT2D eigenvalue weighted by atomic mass is 16.7. The molecule has 2 aliphatic heterocycles. The van der Waals surface area contributed by atoms with Gasteiger partial charge in [-0.3, -0.25) is 0 Å². The van der Waals surface area contributed by atoms with Crippen LogP contribution < -0.4 is 0 Å². The second-order valence-electron chi connectivity index (χ2n) is 13.0. The summed E-state index contributed by atoms with van der Waals surface area (Å²) in [6.07, 6.45) is 3.43. The Morgan fingerprint density at radius 3 is 2.54 bits per heavy atom. The monoisotopic (exact) mass is 518 g/mol. The van der Waals surface area contributed by atoms with Gasteiger partial charge in [0.2, 0.25) is 0 Å². The zero-order chi connectivity index (χ0) is 26.3. The van der Waals surface area contributed by atoms with Crippen molar-refractivity contribution < 1.29 is 39.4 Å². The summed E-state index contributed by atoms with van der Waals surface area (Å²) in [5.74, 6) is 0.985. The summed E-state index contributed by atoms with van der Waals surface area (Å²) in [4.78, 5) is 11.7. The van der Waals surface area contributed by atoms with E-state index in [0.29, 0.717) is 18.4 Å². The number of rotatable bonds is 3. The molecule has 5 fully saturated rings. The topological polar surface area (TPSA) is 126 Å². The van der Waals surface area contributed by atoms with E-state index in [2.05, 4.69) is 13.5 Å². The number of hydrogen-bond donors (Lipinski definition) is 4. The van der Waals surface area contributed by atoms with Gasteiger partial charge in [0, 0.05) is 17.9 Å². The van der Waals surface area contributed by atoms with Crippen LogP contribution in [0.15, 0.2) is 23.8 Å². The molecule has 206 valence electrons. The number of hydrogen-bond acceptors (Lipinski definition) is 8. The van der Waals surface area contributed by atoms with Crippen LogP contribution in [0.1, 0.15) is 65.2 Å². The van der Waals surface area contributed by atoms with Crippen LogP contribution in [-0.4, -0.2) is 75.4 Å². The van der Waals surface area contributed by atoms with Crippen molar-refractivity contribution in [2.24, 2.45) is 35.0 Å². The molecule has 2 heterocycles. The first-order valence-electron chi connectivity index (χ1n) is 14.2. The van der Waals surface area contributed by atoms with Crippen LogP contribution in [0.4, 0.5) is 0 Å². The minimum absolute atomic E-state index is 0.0441. The van der Waals surface area contributed by atoms with E-state index >= 15 is 0 Å². The number of ether oxygens (including phenoxy) is 3. The van der Waals surface area contributed by atoms with Crippen LogP contribution in [0.2, 0.25) is 0 Å². The smallest absolute Gasteiger partial charge is 0.331 e. The second-order valence-corrected chi connectivity index (χ2v) is 13.0. The summed E-state index contributed by atoms with van der Waals surface area (Å²) in [5, 5.41) is 42.7. The van der Waals surface area contributed by atoms with Crippen molar-refractivity contribution >= 4 is 5.97 Å². The Labute approximate surface area is 218 Å². The molecule has 0 radical (unpaired) electrons. The minimum Gasteiger partial charge on any atom is -0.458 e. The van der Waals surface area contributed by atoms with Crippen molar-refractivity contribution in [1.29, 1.82) is 0 Å². The average molecular weight is 519 g/mol. The van der Waals surface area contributed by atoms with Gasteiger partial charge >= 0.3 is 5.97 Å². The van der Waals surface area contributed by atoms with Crippen molar-refractivity contribution in [1.82, 2.24) is 0 Å². The lowest BCUT2D eigenvalue weighted by Crippen LogP contribution is -2.58. The van der Waals surface area contributed by atoms with Crippen molar-refractivity contribution in [3.8, 4) is 0 Å². The van der Waals surface area contributed by atoms with Crippen LogP contribution in [0.25, 0.3) is 0 Å². The van der Waals surface area contributed by atoms with Crippen LogP contribution in [0, 0.1) is 35.0 Å². The standard InChI is InChI=1S/C29H42O8/c1-14-19(16-10-23(30)35-13-16)7-9-29(34)20-5-4-17-11-18(6-8-28(17,3)22(20)12-21(14)29)37-27-26(33)25(32)24(31)15(2)36-27/h10,15,17-22,24-27,31-34H,1,4-9,11-13H2,2-3H3. The van der Waals surface area contributed by atoms with Gasteiger partial charge < -0.3 is 34.6 Å². The maximum absolute atomic E-state index is 12.1. The zero-order valence-corrected chi connectivity index (χ0v) is 21.9. The molecule has 4 aliphatic carbocycles. The third kappa shape index (κ3) is 3.97. The molecule has 0 aromatic rings. The number of fused-ring (bicyclic) bond motifs is 5. The Morgan fingerprint density at radius 2 is 1.81 bits per heavy atom. The molecule has 0 bridgehead atoms. The minimum atomic E-state index is -1.29. The Morgan fingerprint density at radius 1 is 1.03 bits per heavy atom. The predicted molar refractivity (Wildman–Crippen MR) is 133 cm³/mol. The lowest BCUT2D eigenvalue weighted by atomic mass is 9.51. The Balaban J connectivity index is 1.15. The van der Waals surface area contributed by atoms with Gasteiger partial charge in [0.1, 0.15) is 24.9 Å². The van der Waals surface area contributed by atoms with Crippen molar-refractivity contribution in [3.63, 3.8) is 0 Å². The lowest BCUT2D eigenvalue weighted by molar-refractivity contribution is -0.309. The van der Waals surface area contributed by atoms with E-state index in [4.69, 9.17) is 14.2 Å². The predicted octanol–water partition coefficient (Wildman–Crippen LogP) is 2.23. The number of carbonyl (C=O) groups excluding carboxylic acids is 1. The summed E-state index contributed by atoms with van der Waals surface area (Å²) < 4.78 is 17.1. The maximum Gasteiger partial charge on any atom is 0.331 e. The largest absolute Gasteiger partial charge is 0.458 e. The molecule has 8 nitrogen and oxygen atoms in total. The molecule has 0 aromatic heterocycles.